The summed E-state index contributed by atoms with van der Waals surface area (Å²) in [5, 5.41) is 11.3. The van der Waals surface area contributed by atoms with Gasteiger partial charge in [0.1, 0.15) is 6.04 Å². The summed E-state index contributed by atoms with van der Waals surface area (Å²) < 4.78 is 25.7. The van der Waals surface area contributed by atoms with Gasteiger partial charge in [0, 0.05) is 4.90 Å². The molecule has 1 amide bonds. The van der Waals surface area contributed by atoms with Crippen molar-refractivity contribution in [2.24, 2.45) is 5.92 Å². The molecule has 2 N–H and O–H groups in total. The number of carbonyl (C=O) groups is 2. The summed E-state index contributed by atoms with van der Waals surface area (Å²) in [5.74, 6) is -3.83. The number of carbonyl (C=O) groups excluding carboxylic acids is 1. The third-order valence-corrected chi connectivity index (χ3v) is 3.50. The zero-order valence-electron chi connectivity index (χ0n) is 11.0. The van der Waals surface area contributed by atoms with Crippen LogP contribution in [0.3, 0.4) is 0 Å². The van der Waals surface area contributed by atoms with E-state index >= 15 is 0 Å². The van der Waals surface area contributed by atoms with E-state index < -0.39 is 29.6 Å². The first kappa shape index (κ1) is 16.4. The van der Waals surface area contributed by atoms with Gasteiger partial charge in [-0.25, -0.2) is 13.6 Å². The number of amides is 1. The maximum absolute atomic E-state index is 13.0. The highest BCUT2D eigenvalue weighted by Crippen LogP contribution is 2.20. The van der Waals surface area contributed by atoms with Crippen LogP contribution in [0.2, 0.25) is 0 Å². The molecular weight excluding hydrogens is 288 g/mol. The Morgan fingerprint density at radius 2 is 1.95 bits per heavy atom. The van der Waals surface area contributed by atoms with Crippen molar-refractivity contribution in [2.75, 3.05) is 5.75 Å². The van der Waals surface area contributed by atoms with Crippen molar-refractivity contribution < 1.29 is 23.5 Å². The summed E-state index contributed by atoms with van der Waals surface area (Å²) in [5.41, 5.74) is 0. The summed E-state index contributed by atoms with van der Waals surface area (Å²) in [6.45, 7) is 3.36. The average molecular weight is 303 g/mol. The lowest BCUT2D eigenvalue weighted by Gasteiger charge is -2.17. The second-order valence-corrected chi connectivity index (χ2v) is 5.54. The largest absolute Gasteiger partial charge is 0.480 e. The van der Waals surface area contributed by atoms with Crippen molar-refractivity contribution in [3.8, 4) is 0 Å². The number of hydrogen-bond donors (Lipinski definition) is 2. The SMILES string of the molecule is CC(C)[C@@H](NC(=O)CSc1ccc(F)c(F)c1)C(=O)O. The maximum Gasteiger partial charge on any atom is 0.326 e. The lowest BCUT2D eigenvalue weighted by Crippen LogP contribution is -2.45. The topological polar surface area (TPSA) is 66.4 Å². The highest BCUT2D eigenvalue weighted by Gasteiger charge is 2.23. The number of carboxylic acids is 1. The Kier molecular flexibility index (Phi) is 5.94. The lowest BCUT2D eigenvalue weighted by atomic mass is 10.1. The molecule has 1 atom stereocenters. The molecule has 0 aliphatic carbocycles. The highest BCUT2D eigenvalue weighted by atomic mass is 32.2. The fourth-order valence-corrected chi connectivity index (χ4v) is 2.18. The molecule has 0 spiro atoms. The van der Waals surface area contributed by atoms with Crippen LogP contribution < -0.4 is 5.32 Å². The number of rotatable bonds is 6. The van der Waals surface area contributed by atoms with Crippen molar-refractivity contribution in [1.82, 2.24) is 5.32 Å². The van der Waals surface area contributed by atoms with Crippen molar-refractivity contribution in [1.29, 1.82) is 0 Å². The van der Waals surface area contributed by atoms with Gasteiger partial charge in [0.05, 0.1) is 5.75 Å². The maximum atomic E-state index is 13.0. The molecule has 0 aliphatic rings. The predicted octanol–water partition coefficient (Wildman–Crippen LogP) is 2.28. The zero-order chi connectivity index (χ0) is 15.3. The van der Waals surface area contributed by atoms with Crippen LogP contribution in [0.5, 0.6) is 0 Å². The minimum atomic E-state index is -1.11. The van der Waals surface area contributed by atoms with E-state index in [1.54, 1.807) is 13.8 Å². The Labute approximate surface area is 119 Å². The van der Waals surface area contributed by atoms with Crippen molar-refractivity contribution in [2.45, 2.75) is 24.8 Å². The van der Waals surface area contributed by atoms with E-state index in [4.69, 9.17) is 5.11 Å². The Bertz CT molecular complexity index is 508. The van der Waals surface area contributed by atoms with Gasteiger partial charge in [-0.15, -0.1) is 11.8 Å². The van der Waals surface area contributed by atoms with Crippen LogP contribution in [0.25, 0.3) is 0 Å². The molecule has 4 nitrogen and oxygen atoms in total. The molecular formula is C13H15F2NO3S. The first-order valence-corrected chi connectivity index (χ1v) is 6.90. The molecule has 0 radical (unpaired) electrons. The standard InChI is InChI=1S/C13H15F2NO3S/c1-7(2)12(13(18)19)16-11(17)6-20-8-3-4-9(14)10(15)5-8/h3-5,7,12H,6H2,1-2H3,(H,16,17)(H,18,19)/t12-/m1/s1. The molecule has 110 valence electrons. The third kappa shape index (κ3) is 4.80. The molecule has 0 aromatic heterocycles. The Morgan fingerprint density at radius 1 is 1.30 bits per heavy atom. The second-order valence-electron chi connectivity index (χ2n) is 4.49. The molecule has 0 aliphatic heterocycles. The van der Waals surface area contributed by atoms with E-state index in [-0.39, 0.29) is 11.7 Å². The molecule has 0 fully saturated rings. The number of thioether (sulfide) groups is 1. The molecule has 20 heavy (non-hydrogen) atoms. The van der Waals surface area contributed by atoms with E-state index in [0.717, 1.165) is 23.9 Å². The number of hydrogen-bond acceptors (Lipinski definition) is 3. The number of halogens is 2. The van der Waals surface area contributed by atoms with Crippen LogP contribution in [0.15, 0.2) is 23.1 Å². The fourth-order valence-electron chi connectivity index (χ4n) is 1.44. The number of nitrogens with one attached hydrogen (secondary N) is 1. The molecule has 1 rings (SSSR count). The van der Waals surface area contributed by atoms with Gasteiger partial charge in [-0.05, 0) is 24.1 Å². The van der Waals surface area contributed by atoms with Gasteiger partial charge in [-0.3, -0.25) is 4.79 Å². The summed E-state index contributed by atoms with van der Waals surface area (Å²) in [7, 11) is 0. The monoisotopic (exact) mass is 303 g/mol. The molecule has 0 unspecified atom stereocenters. The van der Waals surface area contributed by atoms with Crippen LogP contribution in [-0.2, 0) is 9.59 Å². The van der Waals surface area contributed by atoms with Gasteiger partial charge < -0.3 is 10.4 Å². The normalized spacial score (nSPS) is 12.2. The average Bonchev–Trinajstić information content (AvgIpc) is 2.36. The molecule has 1 aromatic carbocycles. The van der Waals surface area contributed by atoms with Crippen LogP contribution in [0.4, 0.5) is 8.78 Å². The van der Waals surface area contributed by atoms with E-state index in [1.807, 2.05) is 0 Å². The molecule has 0 bridgehead atoms. The minimum Gasteiger partial charge on any atom is -0.480 e. The minimum absolute atomic E-state index is 0.0679. The van der Waals surface area contributed by atoms with Crippen LogP contribution in [-0.4, -0.2) is 28.8 Å². The molecule has 1 aromatic rings. The van der Waals surface area contributed by atoms with Gasteiger partial charge in [-0.1, -0.05) is 13.8 Å². The number of benzene rings is 1. The van der Waals surface area contributed by atoms with E-state index in [2.05, 4.69) is 5.32 Å². The lowest BCUT2D eigenvalue weighted by molar-refractivity contribution is -0.142. The van der Waals surface area contributed by atoms with Gasteiger partial charge in [0.15, 0.2) is 11.6 Å². The summed E-state index contributed by atoms with van der Waals surface area (Å²) in [6, 6.07) is 2.36. The Morgan fingerprint density at radius 3 is 2.45 bits per heavy atom. The molecule has 0 saturated carbocycles. The smallest absolute Gasteiger partial charge is 0.326 e. The molecule has 7 heteroatoms. The van der Waals surface area contributed by atoms with Crippen LogP contribution in [0.1, 0.15) is 13.8 Å². The Balaban J connectivity index is 2.54. The summed E-state index contributed by atoms with van der Waals surface area (Å²) in [6.07, 6.45) is 0. The van der Waals surface area contributed by atoms with Crippen molar-refractivity contribution >= 4 is 23.6 Å². The number of carboxylic acid groups (broad SMARTS) is 1. The Hall–Kier alpha value is -1.63. The first-order chi connectivity index (χ1) is 9.31. The van der Waals surface area contributed by atoms with E-state index in [9.17, 15) is 18.4 Å². The highest BCUT2D eigenvalue weighted by molar-refractivity contribution is 8.00. The van der Waals surface area contributed by atoms with Crippen LogP contribution >= 0.6 is 11.8 Å². The van der Waals surface area contributed by atoms with Crippen molar-refractivity contribution in [3.05, 3.63) is 29.8 Å². The van der Waals surface area contributed by atoms with Gasteiger partial charge in [0.25, 0.3) is 0 Å². The van der Waals surface area contributed by atoms with E-state index in [0.29, 0.717) is 4.90 Å². The van der Waals surface area contributed by atoms with E-state index in [1.165, 1.54) is 6.07 Å². The molecule has 0 heterocycles. The quantitative estimate of drug-likeness (QED) is 0.791. The first-order valence-electron chi connectivity index (χ1n) is 5.91. The third-order valence-electron chi connectivity index (χ3n) is 2.51. The van der Waals surface area contributed by atoms with Crippen molar-refractivity contribution in [3.63, 3.8) is 0 Å². The summed E-state index contributed by atoms with van der Waals surface area (Å²) >= 11 is 1.01. The fraction of sp³-hybridized carbons (Fsp3) is 0.385. The summed E-state index contributed by atoms with van der Waals surface area (Å²) in [4.78, 5) is 22.9. The zero-order valence-corrected chi connectivity index (χ0v) is 11.8. The molecule has 0 saturated heterocycles. The predicted molar refractivity (Wildman–Crippen MR) is 71.5 cm³/mol. The number of aliphatic carboxylic acids is 1. The van der Waals surface area contributed by atoms with Gasteiger partial charge in [-0.2, -0.15) is 0 Å². The second kappa shape index (κ2) is 7.23. The van der Waals surface area contributed by atoms with Crippen LogP contribution in [0, 0.1) is 17.6 Å². The van der Waals surface area contributed by atoms with Gasteiger partial charge >= 0.3 is 5.97 Å². The van der Waals surface area contributed by atoms with Gasteiger partial charge in [0.2, 0.25) is 5.91 Å².